The molecule has 1 atom stereocenters. The minimum absolute atomic E-state index is 0.307. The van der Waals surface area contributed by atoms with E-state index in [0.717, 1.165) is 16.7 Å². The van der Waals surface area contributed by atoms with Crippen molar-refractivity contribution in [3.8, 4) is 10.6 Å². The Bertz CT molecular complexity index is 747. The normalized spacial score (nSPS) is 19.7. The second-order valence-electron chi connectivity index (χ2n) is 5.71. The molecule has 1 aliphatic rings. The third-order valence-electron chi connectivity index (χ3n) is 3.69. The van der Waals surface area contributed by atoms with Crippen LogP contribution in [0.15, 0.2) is 18.2 Å². The van der Waals surface area contributed by atoms with E-state index in [1.807, 2.05) is 32.0 Å². The Balaban J connectivity index is 1.71. The lowest BCUT2D eigenvalue weighted by molar-refractivity contribution is -0.118. The lowest BCUT2D eigenvalue weighted by Crippen LogP contribution is -2.35. The first-order valence-electron chi connectivity index (χ1n) is 7.17. The van der Waals surface area contributed by atoms with Gasteiger partial charge in [0.05, 0.1) is 12.6 Å². The molecule has 0 saturated carbocycles. The van der Waals surface area contributed by atoms with Crippen LogP contribution in [0.3, 0.4) is 0 Å². The third-order valence-corrected chi connectivity index (χ3v) is 4.57. The maximum atomic E-state index is 13.1. The Morgan fingerprint density at radius 2 is 2.17 bits per heavy atom. The van der Waals surface area contributed by atoms with E-state index < -0.39 is 30.8 Å². The maximum Gasteiger partial charge on any atom is 0.262 e. The van der Waals surface area contributed by atoms with E-state index in [1.54, 1.807) is 0 Å². The molecule has 2 aromatic rings. The number of alkyl halides is 2. The highest BCUT2D eigenvalue weighted by Gasteiger charge is 2.42. The third kappa shape index (κ3) is 3.53. The first kappa shape index (κ1) is 15.9. The highest BCUT2D eigenvalue weighted by molar-refractivity contribution is 7.18. The van der Waals surface area contributed by atoms with Crippen molar-refractivity contribution in [3.05, 3.63) is 29.3 Å². The molecule has 8 heteroatoms. The number of hydrogen-bond acceptors (Lipinski definition) is 5. The van der Waals surface area contributed by atoms with Crippen molar-refractivity contribution in [2.45, 2.75) is 32.2 Å². The number of halogens is 2. The van der Waals surface area contributed by atoms with Gasteiger partial charge in [0.1, 0.15) is 5.01 Å². The molecule has 1 aromatic heterocycles. The standard InChI is InChI=1S/C15H16F2N4OS/c1-8-3-4-10(9(2)5-8)13-20-21-14(23-13)19-12(22)11-6-15(16,17)7-18-11/h3-5,11,18H,6-7H2,1-2H3,(H,19,21,22). The van der Waals surface area contributed by atoms with Crippen molar-refractivity contribution >= 4 is 22.4 Å². The van der Waals surface area contributed by atoms with Crippen LogP contribution in [0.4, 0.5) is 13.9 Å². The van der Waals surface area contributed by atoms with E-state index in [1.165, 1.54) is 11.3 Å². The zero-order chi connectivity index (χ0) is 16.6. The number of rotatable bonds is 3. The molecule has 122 valence electrons. The number of nitrogens with one attached hydrogen (secondary N) is 2. The summed E-state index contributed by atoms with van der Waals surface area (Å²) in [4.78, 5) is 12.0. The van der Waals surface area contributed by atoms with Gasteiger partial charge in [0.15, 0.2) is 0 Å². The number of amides is 1. The number of aryl methyl sites for hydroxylation is 2. The van der Waals surface area contributed by atoms with Crippen molar-refractivity contribution in [1.82, 2.24) is 15.5 Å². The quantitative estimate of drug-likeness (QED) is 0.903. The minimum Gasteiger partial charge on any atom is -0.300 e. The summed E-state index contributed by atoms with van der Waals surface area (Å²) in [5.41, 5.74) is 3.16. The molecule has 1 fully saturated rings. The summed E-state index contributed by atoms with van der Waals surface area (Å²) in [5.74, 6) is -3.35. The fourth-order valence-corrected chi connectivity index (χ4v) is 3.37. The van der Waals surface area contributed by atoms with Crippen molar-refractivity contribution < 1.29 is 13.6 Å². The molecule has 2 heterocycles. The monoisotopic (exact) mass is 338 g/mol. The Morgan fingerprint density at radius 3 is 2.83 bits per heavy atom. The van der Waals surface area contributed by atoms with Crippen LogP contribution in [0.1, 0.15) is 17.5 Å². The second-order valence-corrected chi connectivity index (χ2v) is 6.69. The Labute approximate surface area is 136 Å². The molecule has 1 unspecified atom stereocenters. The van der Waals surface area contributed by atoms with Crippen LogP contribution < -0.4 is 10.6 Å². The van der Waals surface area contributed by atoms with Crippen molar-refractivity contribution in [2.75, 3.05) is 11.9 Å². The zero-order valence-corrected chi connectivity index (χ0v) is 13.5. The summed E-state index contributed by atoms with van der Waals surface area (Å²) in [5, 5.41) is 14.1. The molecule has 0 bridgehead atoms. The van der Waals surface area contributed by atoms with E-state index in [0.29, 0.717) is 10.1 Å². The van der Waals surface area contributed by atoms with E-state index >= 15 is 0 Å². The molecule has 0 radical (unpaired) electrons. The van der Waals surface area contributed by atoms with Gasteiger partial charge in [0, 0.05) is 12.0 Å². The molecule has 2 N–H and O–H groups in total. The van der Waals surface area contributed by atoms with Gasteiger partial charge < -0.3 is 0 Å². The zero-order valence-electron chi connectivity index (χ0n) is 12.7. The lowest BCUT2D eigenvalue weighted by atomic mass is 10.1. The van der Waals surface area contributed by atoms with E-state index in [2.05, 4.69) is 20.8 Å². The van der Waals surface area contributed by atoms with Crippen LogP contribution in [0, 0.1) is 13.8 Å². The number of hydrogen-bond donors (Lipinski definition) is 2. The highest BCUT2D eigenvalue weighted by Crippen LogP contribution is 2.30. The summed E-state index contributed by atoms with van der Waals surface area (Å²) in [7, 11) is 0. The molecule has 23 heavy (non-hydrogen) atoms. The van der Waals surface area contributed by atoms with Crippen molar-refractivity contribution in [2.24, 2.45) is 0 Å². The largest absolute Gasteiger partial charge is 0.300 e. The molecule has 1 saturated heterocycles. The molecule has 1 amide bonds. The molecule has 0 spiro atoms. The number of nitrogens with zero attached hydrogens (tertiary/aromatic N) is 2. The van der Waals surface area contributed by atoms with Gasteiger partial charge >= 0.3 is 0 Å². The van der Waals surface area contributed by atoms with E-state index in [-0.39, 0.29) is 0 Å². The average Bonchev–Trinajstić information content (AvgIpc) is 3.05. The van der Waals surface area contributed by atoms with Crippen LogP contribution in [-0.2, 0) is 4.79 Å². The first-order chi connectivity index (χ1) is 10.8. The molecule has 1 aliphatic heterocycles. The topological polar surface area (TPSA) is 66.9 Å². The summed E-state index contributed by atoms with van der Waals surface area (Å²) >= 11 is 1.22. The van der Waals surface area contributed by atoms with Gasteiger partial charge in [-0.15, -0.1) is 10.2 Å². The van der Waals surface area contributed by atoms with Crippen LogP contribution in [0.2, 0.25) is 0 Å². The molecular formula is C15H16F2N4OS. The summed E-state index contributed by atoms with van der Waals surface area (Å²) in [6, 6.07) is 5.07. The van der Waals surface area contributed by atoms with Crippen molar-refractivity contribution in [1.29, 1.82) is 0 Å². The molecule has 0 aliphatic carbocycles. The molecule has 5 nitrogen and oxygen atoms in total. The van der Waals surface area contributed by atoms with Gasteiger partial charge in [0.2, 0.25) is 11.0 Å². The number of anilines is 1. The maximum absolute atomic E-state index is 13.1. The number of carbonyl (C=O) groups excluding carboxylic acids is 1. The SMILES string of the molecule is Cc1ccc(-c2nnc(NC(=O)C3CC(F)(F)CN3)s2)c(C)c1. The Morgan fingerprint density at radius 1 is 1.39 bits per heavy atom. The van der Waals surface area contributed by atoms with E-state index in [4.69, 9.17) is 0 Å². The number of benzene rings is 1. The van der Waals surface area contributed by atoms with Gasteiger partial charge in [-0.25, -0.2) is 8.78 Å². The molecule has 1 aromatic carbocycles. The number of carbonyl (C=O) groups is 1. The predicted molar refractivity (Wildman–Crippen MR) is 84.8 cm³/mol. The van der Waals surface area contributed by atoms with Crippen LogP contribution in [0.5, 0.6) is 0 Å². The van der Waals surface area contributed by atoms with Gasteiger partial charge in [-0.2, -0.15) is 0 Å². The van der Waals surface area contributed by atoms with Gasteiger partial charge in [0.25, 0.3) is 5.92 Å². The molecule has 3 rings (SSSR count). The first-order valence-corrected chi connectivity index (χ1v) is 7.99. The average molecular weight is 338 g/mol. The number of aromatic nitrogens is 2. The van der Waals surface area contributed by atoms with Crippen LogP contribution >= 0.6 is 11.3 Å². The van der Waals surface area contributed by atoms with Gasteiger partial charge in [-0.1, -0.05) is 35.1 Å². The van der Waals surface area contributed by atoms with E-state index in [9.17, 15) is 13.6 Å². The summed E-state index contributed by atoms with van der Waals surface area (Å²) in [6.45, 7) is 3.51. The lowest BCUT2D eigenvalue weighted by Gasteiger charge is -2.08. The van der Waals surface area contributed by atoms with Crippen LogP contribution in [-0.4, -0.2) is 34.6 Å². The van der Waals surface area contributed by atoms with Crippen LogP contribution in [0.25, 0.3) is 10.6 Å². The minimum atomic E-state index is -2.84. The van der Waals surface area contributed by atoms with Crippen molar-refractivity contribution in [3.63, 3.8) is 0 Å². The molecular weight excluding hydrogens is 322 g/mol. The smallest absolute Gasteiger partial charge is 0.262 e. The second kappa shape index (κ2) is 5.93. The fraction of sp³-hybridized carbons (Fsp3) is 0.400. The fourth-order valence-electron chi connectivity index (χ4n) is 2.53. The van der Waals surface area contributed by atoms with Gasteiger partial charge in [-0.05, 0) is 19.4 Å². The Kier molecular flexibility index (Phi) is 4.11. The van der Waals surface area contributed by atoms with Gasteiger partial charge in [-0.3, -0.25) is 15.4 Å². The highest BCUT2D eigenvalue weighted by atomic mass is 32.1. The summed E-state index contributed by atoms with van der Waals surface area (Å²) < 4.78 is 26.3. The Hall–Kier alpha value is -1.93. The predicted octanol–water partition coefficient (Wildman–Crippen LogP) is 2.76. The summed E-state index contributed by atoms with van der Waals surface area (Å²) in [6.07, 6.45) is -0.498.